The summed E-state index contributed by atoms with van der Waals surface area (Å²) in [6, 6.07) is 0. The van der Waals surface area contributed by atoms with Crippen LogP contribution in [-0.2, 0) is 4.79 Å². The third-order valence-electron chi connectivity index (χ3n) is 1.37. The maximum Gasteiger partial charge on any atom is 0.303 e. The number of alkyl halides is 1. The average Bonchev–Trinajstić information content (AvgIpc) is 2.00. The van der Waals surface area contributed by atoms with Crippen LogP contribution in [0.15, 0.2) is 12.7 Å². The van der Waals surface area contributed by atoms with E-state index in [1.54, 1.807) is 0 Å². The van der Waals surface area contributed by atoms with Crippen molar-refractivity contribution in [1.29, 1.82) is 0 Å². The number of aliphatic hydroxyl groups is 2. The summed E-state index contributed by atoms with van der Waals surface area (Å²) < 4.78 is 12.7. The Hall–Kier alpha value is -0.940. The van der Waals surface area contributed by atoms with Gasteiger partial charge in [-0.1, -0.05) is 6.58 Å². The highest BCUT2D eigenvalue weighted by molar-refractivity contribution is 5.66. The minimum atomic E-state index is -2.63. The minimum Gasteiger partial charge on any atom is -0.481 e. The minimum absolute atomic E-state index is 0.447. The topological polar surface area (TPSA) is 77.8 Å². The molecule has 70 valence electrons. The first-order chi connectivity index (χ1) is 5.40. The van der Waals surface area contributed by atoms with Crippen LogP contribution in [0.3, 0.4) is 0 Å². The molecule has 0 fully saturated rings. The van der Waals surface area contributed by atoms with E-state index in [4.69, 9.17) is 15.3 Å². The number of halogens is 1. The number of aliphatic carboxylic acids is 1. The van der Waals surface area contributed by atoms with Gasteiger partial charge in [0.1, 0.15) is 0 Å². The maximum atomic E-state index is 12.7. The van der Waals surface area contributed by atoms with E-state index in [-0.39, 0.29) is 0 Å². The number of carbonyl (C=O) groups is 1. The quantitative estimate of drug-likeness (QED) is 0.411. The molecular weight excluding hydrogens is 167 g/mol. The number of rotatable bonds is 5. The van der Waals surface area contributed by atoms with E-state index in [1.807, 2.05) is 0 Å². The molecule has 4 nitrogen and oxygen atoms in total. The summed E-state index contributed by atoms with van der Waals surface area (Å²) in [7, 11) is 0. The van der Waals surface area contributed by atoms with E-state index >= 15 is 0 Å². The summed E-state index contributed by atoms with van der Waals surface area (Å²) in [6.45, 7) is 2.99. The Kier molecular flexibility index (Phi) is 3.85. The maximum absolute atomic E-state index is 12.7. The summed E-state index contributed by atoms with van der Waals surface area (Å²) >= 11 is 0. The van der Waals surface area contributed by atoms with Crippen molar-refractivity contribution >= 4 is 5.97 Å². The molecule has 0 saturated carbocycles. The average molecular weight is 178 g/mol. The van der Waals surface area contributed by atoms with Gasteiger partial charge in [-0.3, -0.25) is 4.79 Å². The first kappa shape index (κ1) is 11.1. The van der Waals surface area contributed by atoms with Gasteiger partial charge in [0.05, 0.1) is 0 Å². The van der Waals surface area contributed by atoms with Gasteiger partial charge in [-0.2, -0.15) is 0 Å². The molecule has 12 heavy (non-hydrogen) atoms. The number of hydrogen-bond donors (Lipinski definition) is 3. The fourth-order valence-corrected chi connectivity index (χ4v) is 0.591. The van der Waals surface area contributed by atoms with Crippen LogP contribution >= 0.6 is 0 Å². The molecule has 0 rings (SSSR count). The van der Waals surface area contributed by atoms with Gasteiger partial charge in [-0.05, 0) is 12.5 Å². The van der Waals surface area contributed by atoms with Crippen molar-refractivity contribution < 1.29 is 24.5 Å². The van der Waals surface area contributed by atoms with Gasteiger partial charge in [0.15, 0.2) is 6.17 Å². The Morgan fingerprint density at radius 1 is 1.67 bits per heavy atom. The molecule has 0 spiro atoms. The molecule has 0 saturated heterocycles. The SMILES string of the molecule is C=CC(O)(O)C(F)CCC(=O)O. The van der Waals surface area contributed by atoms with Gasteiger partial charge in [0.25, 0.3) is 0 Å². The Morgan fingerprint density at radius 2 is 2.17 bits per heavy atom. The van der Waals surface area contributed by atoms with E-state index in [0.29, 0.717) is 6.08 Å². The second-order valence-corrected chi connectivity index (χ2v) is 2.39. The second kappa shape index (κ2) is 4.18. The highest BCUT2D eigenvalue weighted by Crippen LogP contribution is 2.16. The molecule has 0 amide bonds. The fraction of sp³-hybridized carbons (Fsp3) is 0.571. The molecule has 1 atom stereocenters. The van der Waals surface area contributed by atoms with Gasteiger partial charge < -0.3 is 15.3 Å². The van der Waals surface area contributed by atoms with Gasteiger partial charge in [-0.15, -0.1) is 0 Å². The number of carboxylic acid groups (broad SMARTS) is 1. The largest absolute Gasteiger partial charge is 0.481 e. The number of carboxylic acids is 1. The summed E-state index contributed by atoms with van der Waals surface area (Å²) in [5, 5.41) is 25.7. The highest BCUT2D eigenvalue weighted by Gasteiger charge is 2.31. The van der Waals surface area contributed by atoms with Crippen molar-refractivity contribution in [3.05, 3.63) is 12.7 Å². The van der Waals surface area contributed by atoms with Gasteiger partial charge in [0, 0.05) is 6.42 Å². The van der Waals surface area contributed by atoms with E-state index < -0.39 is 30.8 Å². The molecule has 3 N–H and O–H groups in total. The van der Waals surface area contributed by atoms with E-state index in [2.05, 4.69) is 6.58 Å². The molecule has 0 radical (unpaired) electrons. The lowest BCUT2D eigenvalue weighted by molar-refractivity contribution is -0.168. The van der Waals surface area contributed by atoms with Crippen LogP contribution in [0.5, 0.6) is 0 Å². The Bertz CT molecular complexity index is 178. The molecule has 1 unspecified atom stereocenters. The normalized spacial score (nSPS) is 13.9. The molecular formula is C7H11FO4. The van der Waals surface area contributed by atoms with Crippen LogP contribution in [0.4, 0.5) is 4.39 Å². The van der Waals surface area contributed by atoms with Crippen molar-refractivity contribution in [1.82, 2.24) is 0 Å². The Labute approximate surface area is 68.9 Å². The van der Waals surface area contributed by atoms with Crippen LogP contribution in [-0.4, -0.2) is 33.2 Å². The van der Waals surface area contributed by atoms with Crippen LogP contribution in [0.2, 0.25) is 0 Å². The van der Waals surface area contributed by atoms with Crippen LogP contribution in [0.25, 0.3) is 0 Å². The van der Waals surface area contributed by atoms with E-state index in [9.17, 15) is 9.18 Å². The monoisotopic (exact) mass is 178 g/mol. The lowest BCUT2D eigenvalue weighted by Crippen LogP contribution is -2.37. The smallest absolute Gasteiger partial charge is 0.303 e. The molecule has 0 aromatic heterocycles. The molecule has 0 aromatic rings. The van der Waals surface area contributed by atoms with Crippen LogP contribution < -0.4 is 0 Å². The van der Waals surface area contributed by atoms with Crippen molar-refractivity contribution in [2.75, 3.05) is 0 Å². The summed E-state index contributed by atoms with van der Waals surface area (Å²) in [5.41, 5.74) is 0. The first-order valence-electron chi connectivity index (χ1n) is 3.34. The number of hydrogen-bond acceptors (Lipinski definition) is 3. The van der Waals surface area contributed by atoms with Gasteiger partial charge >= 0.3 is 5.97 Å². The fourth-order valence-electron chi connectivity index (χ4n) is 0.591. The van der Waals surface area contributed by atoms with E-state index in [0.717, 1.165) is 0 Å². The Morgan fingerprint density at radius 3 is 2.50 bits per heavy atom. The zero-order chi connectivity index (χ0) is 9.78. The standard InChI is InChI=1S/C7H11FO4/c1-2-7(11,12)5(8)3-4-6(9)10/h2,5,11-12H,1,3-4H2,(H,9,10). The zero-order valence-corrected chi connectivity index (χ0v) is 6.40. The van der Waals surface area contributed by atoms with Crippen molar-refractivity contribution in [3.63, 3.8) is 0 Å². The summed E-state index contributed by atoms with van der Waals surface area (Å²) in [5.74, 6) is -3.81. The molecule has 5 heteroatoms. The molecule has 0 heterocycles. The van der Waals surface area contributed by atoms with Crippen LogP contribution in [0, 0.1) is 0 Å². The summed E-state index contributed by atoms with van der Waals surface area (Å²) in [6.07, 6.45) is -2.29. The third kappa shape index (κ3) is 3.45. The third-order valence-corrected chi connectivity index (χ3v) is 1.37. The second-order valence-electron chi connectivity index (χ2n) is 2.39. The highest BCUT2D eigenvalue weighted by atomic mass is 19.1. The molecule has 0 aliphatic carbocycles. The lowest BCUT2D eigenvalue weighted by atomic mass is 10.1. The lowest BCUT2D eigenvalue weighted by Gasteiger charge is -2.20. The predicted octanol–water partition coefficient (Wildman–Crippen LogP) is 0.0562. The Balaban J connectivity index is 3.94. The first-order valence-corrected chi connectivity index (χ1v) is 3.34. The van der Waals surface area contributed by atoms with Gasteiger partial charge in [-0.25, -0.2) is 4.39 Å². The summed E-state index contributed by atoms with van der Waals surface area (Å²) in [4.78, 5) is 9.96. The predicted molar refractivity (Wildman–Crippen MR) is 39.1 cm³/mol. The van der Waals surface area contributed by atoms with Crippen molar-refractivity contribution in [2.45, 2.75) is 24.8 Å². The molecule has 0 bridgehead atoms. The zero-order valence-electron chi connectivity index (χ0n) is 6.40. The van der Waals surface area contributed by atoms with E-state index in [1.165, 1.54) is 0 Å². The van der Waals surface area contributed by atoms with Gasteiger partial charge in [0.2, 0.25) is 5.79 Å². The molecule has 0 aliphatic rings. The molecule has 0 aromatic carbocycles. The van der Waals surface area contributed by atoms with Crippen molar-refractivity contribution in [3.8, 4) is 0 Å². The van der Waals surface area contributed by atoms with Crippen molar-refractivity contribution in [2.24, 2.45) is 0 Å². The van der Waals surface area contributed by atoms with Crippen LogP contribution in [0.1, 0.15) is 12.8 Å². The molecule has 0 aliphatic heterocycles.